The van der Waals surface area contributed by atoms with Crippen LogP contribution in [0.5, 0.6) is 0 Å². The fraction of sp³-hybridized carbons (Fsp3) is 1.00. The van der Waals surface area contributed by atoms with Crippen molar-refractivity contribution < 1.29 is 9.47 Å². The van der Waals surface area contributed by atoms with E-state index in [-0.39, 0.29) is 6.29 Å². The fourth-order valence-electron chi connectivity index (χ4n) is 0.326. The predicted octanol–water partition coefficient (Wildman–Crippen LogP) is 0.545. The van der Waals surface area contributed by atoms with Crippen LogP contribution in [0.4, 0.5) is 0 Å². The molecular formula is C4H10INO2. The molecule has 0 bridgehead atoms. The second kappa shape index (κ2) is 5.74. The van der Waals surface area contributed by atoms with E-state index in [0.717, 1.165) is 0 Å². The third-order valence-corrected chi connectivity index (χ3v) is 1.21. The lowest BCUT2D eigenvalue weighted by Crippen LogP contribution is -2.23. The molecule has 1 N–H and O–H groups in total. The number of nitrogens with one attached hydrogen (secondary N) is 1. The van der Waals surface area contributed by atoms with Gasteiger partial charge in [0.1, 0.15) is 0 Å². The van der Waals surface area contributed by atoms with Gasteiger partial charge in [-0.1, -0.05) is 0 Å². The maximum atomic E-state index is 4.85. The number of halogens is 1. The topological polar surface area (TPSA) is 30.5 Å². The molecule has 0 atom stereocenters. The number of ether oxygens (including phenoxy) is 2. The van der Waals surface area contributed by atoms with Crippen molar-refractivity contribution in [2.24, 2.45) is 0 Å². The molecule has 0 unspecified atom stereocenters. The van der Waals surface area contributed by atoms with Crippen molar-refractivity contribution in [2.75, 3.05) is 20.8 Å². The minimum Gasteiger partial charge on any atom is -0.355 e. The van der Waals surface area contributed by atoms with E-state index in [1.54, 1.807) is 14.2 Å². The molecule has 0 spiro atoms. The van der Waals surface area contributed by atoms with Crippen LogP contribution in [0.25, 0.3) is 0 Å². The van der Waals surface area contributed by atoms with E-state index in [9.17, 15) is 0 Å². The molecule has 3 nitrogen and oxygen atoms in total. The van der Waals surface area contributed by atoms with Gasteiger partial charge in [-0.3, -0.25) is 3.53 Å². The van der Waals surface area contributed by atoms with Gasteiger partial charge >= 0.3 is 0 Å². The molecular weight excluding hydrogens is 221 g/mol. The lowest BCUT2D eigenvalue weighted by atomic mass is 10.6. The number of hydrogen-bond donors (Lipinski definition) is 1. The van der Waals surface area contributed by atoms with Crippen LogP contribution in [0.1, 0.15) is 0 Å². The van der Waals surface area contributed by atoms with Gasteiger partial charge in [-0.05, 0) is 0 Å². The Morgan fingerprint density at radius 3 is 2.12 bits per heavy atom. The minimum absolute atomic E-state index is 0.119. The molecule has 0 amide bonds. The average molecular weight is 231 g/mol. The standard InChI is InChI=1S/C4H10INO2/c1-7-4(8-2)3-6-5/h4,6H,3H2,1-2H3. The second-order valence-corrected chi connectivity index (χ2v) is 2.00. The molecule has 0 rings (SSSR count). The van der Waals surface area contributed by atoms with Gasteiger partial charge in [0.25, 0.3) is 0 Å². The maximum Gasteiger partial charge on any atom is 0.169 e. The number of rotatable bonds is 4. The molecule has 0 aliphatic heterocycles. The Bertz CT molecular complexity index is 49.3. The Balaban J connectivity index is 3.07. The molecule has 0 saturated carbocycles. The first-order chi connectivity index (χ1) is 3.85. The highest BCUT2D eigenvalue weighted by Gasteiger charge is 2.00. The highest BCUT2D eigenvalue weighted by atomic mass is 127. The summed E-state index contributed by atoms with van der Waals surface area (Å²) in [6.07, 6.45) is -0.119. The van der Waals surface area contributed by atoms with Crippen molar-refractivity contribution in [2.45, 2.75) is 6.29 Å². The third kappa shape index (κ3) is 3.59. The molecule has 4 heteroatoms. The lowest BCUT2D eigenvalue weighted by Gasteiger charge is -2.10. The minimum atomic E-state index is -0.119. The Kier molecular flexibility index (Phi) is 6.18. The summed E-state index contributed by atoms with van der Waals surface area (Å²) in [5.74, 6) is 0. The summed E-state index contributed by atoms with van der Waals surface area (Å²) in [6.45, 7) is 0.716. The normalized spacial score (nSPS) is 10.5. The van der Waals surface area contributed by atoms with Crippen LogP contribution in [-0.4, -0.2) is 27.1 Å². The monoisotopic (exact) mass is 231 g/mol. The largest absolute Gasteiger partial charge is 0.355 e. The molecule has 50 valence electrons. The van der Waals surface area contributed by atoms with E-state index in [2.05, 4.69) is 3.53 Å². The van der Waals surface area contributed by atoms with Crippen LogP contribution in [0.3, 0.4) is 0 Å². The molecule has 0 aliphatic rings. The average Bonchev–Trinajstić information content (AvgIpc) is 1.83. The van der Waals surface area contributed by atoms with E-state index in [4.69, 9.17) is 9.47 Å². The van der Waals surface area contributed by atoms with Crippen molar-refractivity contribution in [3.8, 4) is 0 Å². The van der Waals surface area contributed by atoms with Gasteiger partial charge in [0.05, 0.1) is 6.54 Å². The Hall–Kier alpha value is 0.610. The highest BCUT2D eigenvalue weighted by Crippen LogP contribution is 1.87. The zero-order valence-electron chi connectivity index (χ0n) is 4.98. The summed E-state index contributed by atoms with van der Waals surface area (Å²) in [5, 5.41) is 0. The molecule has 0 aromatic rings. The smallest absolute Gasteiger partial charge is 0.169 e. The van der Waals surface area contributed by atoms with E-state index in [0.29, 0.717) is 6.54 Å². The van der Waals surface area contributed by atoms with Crippen LogP contribution in [0.2, 0.25) is 0 Å². The SMILES string of the molecule is COC(CNI)OC. The van der Waals surface area contributed by atoms with E-state index >= 15 is 0 Å². The van der Waals surface area contributed by atoms with Crippen molar-refractivity contribution in [1.29, 1.82) is 0 Å². The van der Waals surface area contributed by atoms with E-state index < -0.39 is 0 Å². The summed E-state index contributed by atoms with van der Waals surface area (Å²) >= 11 is 2.04. The summed E-state index contributed by atoms with van der Waals surface area (Å²) in [4.78, 5) is 0. The van der Waals surface area contributed by atoms with Crippen LogP contribution >= 0.6 is 22.9 Å². The Labute approximate surface area is 63.2 Å². The molecule has 0 heterocycles. The Morgan fingerprint density at radius 2 is 2.00 bits per heavy atom. The quantitative estimate of drug-likeness (QED) is 0.435. The maximum absolute atomic E-state index is 4.85. The molecule has 0 fully saturated rings. The Morgan fingerprint density at radius 1 is 1.50 bits per heavy atom. The zero-order chi connectivity index (χ0) is 6.41. The van der Waals surface area contributed by atoms with Crippen molar-refractivity contribution in [1.82, 2.24) is 3.53 Å². The van der Waals surface area contributed by atoms with Gasteiger partial charge in [-0.15, -0.1) is 0 Å². The van der Waals surface area contributed by atoms with E-state index in [1.165, 1.54) is 0 Å². The number of methoxy groups -OCH3 is 2. The zero-order valence-corrected chi connectivity index (χ0v) is 7.14. The first-order valence-corrected chi connectivity index (χ1v) is 3.32. The lowest BCUT2D eigenvalue weighted by molar-refractivity contribution is -0.0952. The van der Waals surface area contributed by atoms with Gasteiger partial charge in [-0.25, -0.2) is 0 Å². The molecule has 0 aromatic heterocycles. The van der Waals surface area contributed by atoms with Crippen LogP contribution in [0, 0.1) is 0 Å². The van der Waals surface area contributed by atoms with Crippen LogP contribution in [-0.2, 0) is 9.47 Å². The van der Waals surface area contributed by atoms with Crippen molar-refractivity contribution in [3.63, 3.8) is 0 Å². The molecule has 0 aromatic carbocycles. The van der Waals surface area contributed by atoms with Crippen LogP contribution < -0.4 is 3.53 Å². The van der Waals surface area contributed by atoms with Crippen LogP contribution in [0.15, 0.2) is 0 Å². The van der Waals surface area contributed by atoms with Crippen molar-refractivity contribution >= 4 is 22.9 Å². The third-order valence-electron chi connectivity index (χ3n) is 0.770. The fourth-order valence-corrected chi connectivity index (χ4v) is 0.685. The highest BCUT2D eigenvalue weighted by molar-refractivity contribution is 14.1. The molecule has 8 heavy (non-hydrogen) atoms. The van der Waals surface area contributed by atoms with Gasteiger partial charge in [0, 0.05) is 37.1 Å². The molecule has 0 aliphatic carbocycles. The first-order valence-electron chi connectivity index (χ1n) is 2.24. The van der Waals surface area contributed by atoms with Gasteiger partial charge in [-0.2, -0.15) is 0 Å². The first kappa shape index (κ1) is 8.61. The van der Waals surface area contributed by atoms with Crippen molar-refractivity contribution in [3.05, 3.63) is 0 Å². The van der Waals surface area contributed by atoms with Gasteiger partial charge in [0.2, 0.25) is 0 Å². The van der Waals surface area contributed by atoms with Gasteiger partial charge < -0.3 is 9.47 Å². The van der Waals surface area contributed by atoms with Gasteiger partial charge in [0.15, 0.2) is 6.29 Å². The molecule has 0 radical (unpaired) electrons. The summed E-state index contributed by atoms with van der Waals surface area (Å²) in [6, 6.07) is 0. The molecule has 0 saturated heterocycles. The number of hydrogen-bond acceptors (Lipinski definition) is 3. The van der Waals surface area contributed by atoms with E-state index in [1.807, 2.05) is 22.9 Å². The summed E-state index contributed by atoms with van der Waals surface area (Å²) in [5.41, 5.74) is 0. The predicted molar refractivity (Wildman–Crippen MR) is 39.8 cm³/mol. The summed E-state index contributed by atoms with van der Waals surface area (Å²) < 4.78 is 12.6. The summed E-state index contributed by atoms with van der Waals surface area (Å²) in [7, 11) is 3.23. The second-order valence-electron chi connectivity index (χ2n) is 1.24.